The third-order valence-corrected chi connectivity index (χ3v) is 3.49. The number of hydrogen-bond donors (Lipinski definition) is 0. The van der Waals surface area contributed by atoms with Crippen LogP contribution in [0.15, 0.2) is 24.3 Å². The third-order valence-electron chi connectivity index (χ3n) is 3.16. The highest BCUT2D eigenvalue weighted by Gasteiger charge is 2.15. The minimum absolute atomic E-state index is 0.210. The first-order valence-corrected chi connectivity index (χ1v) is 6.46. The van der Waals surface area contributed by atoms with Crippen LogP contribution in [0.1, 0.15) is 27.3 Å². The fraction of sp³-hybridized carbons (Fsp3) is 0.200. The van der Waals surface area contributed by atoms with E-state index in [0.29, 0.717) is 11.3 Å². The lowest BCUT2D eigenvalue weighted by molar-refractivity contribution is 0.104. The summed E-state index contributed by atoms with van der Waals surface area (Å²) in [7, 11) is 1.77. The summed E-state index contributed by atoms with van der Waals surface area (Å²) in [5.74, 6) is -0.673. The quantitative estimate of drug-likeness (QED) is 0.638. The molecule has 0 aliphatic heterocycles. The Labute approximate surface area is 121 Å². The maximum Gasteiger partial charge on any atom is 0.189 e. The smallest absolute Gasteiger partial charge is 0.189 e. The van der Waals surface area contributed by atoms with Gasteiger partial charge in [-0.2, -0.15) is 5.10 Å². The van der Waals surface area contributed by atoms with Crippen LogP contribution in [0, 0.1) is 19.7 Å². The molecule has 0 N–H and O–H groups in total. The molecule has 0 bridgehead atoms. The third kappa shape index (κ3) is 2.65. The van der Waals surface area contributed by atoms with Gasteiger partial charge in [-0.1, -0.05) is 17.7 Å². The van der Waals surface area contributed by atoms with Crippen LogP contribution in [0.25, 0.3) is 6.08 Å². The van der Waals surface area contributed by atoms with Crippen molar-refractivity contribution in [2.75, 3.05) is 0 Å². The Hall–Kier alpha value is -1.94. The van der Waals surface area contributed by atoms with Gasteiger partial charge in [-0.25, -0.2) is 4.39 Å². The lowest BCUT2D eigenvalue weighted by Gasteiger charge is -2.00. The topological polar surface area (TPSA) is 34.9 Å². The second kappa shape index (κ2) is 5.59. The van der Waals surface area contributed by atoms with Gasteiger partial charge in [0.15, 0.2) is 5.78 Å². The van der Waals surface area contributed by atoms with E-state index in [2.05, 4.69) is 5.10 Å². The Morgan fingerprint density at radius 1 is 1.40 bits per heavy atom. The van der Waals surface area contributed by atoms with Crippen molar-refractivity contribution in [3.05, 3.63) is 57.6 Å². The molecule has 1 heterocycles. The van der Waals surface area contributed by atoms with Crippen LogP contribution in [0.3, 0.4) is 0 Å². The van der Waals surface area contributed by atoms with Crippen molar-refractivity contribution in [2.24, 2.45) is 7.05 Å². The Balaban J connectivity index is 2.35. The maximum absolute atomic E-state index is 13.6. The zero-order chi connectivity index (χ0) is 14.9. The van der Waals surface area contributed by atoms with Crippen LogP contribution in [-0.2, 0) is 7.05 Å². The van der Waals surface area contributed by atoms with Gasteiger partial charge in [0.2, 0.25) is 0 Å². The Morgan fingerprint density at radius 3 is 2.65 bits per heavy atom. The molecule has 0 aliphatic carbocycles. The van der Waals surface area contributed by atoms with Gasteiger partial charge in [-0.3, -0.25) is 9.48 Å². The van der Waals surface area contributed by atoms with Crippen molar-refractivity contribution in [1.82, 2.24) is 9.78 Å². The van der Waals surface area contributed by atoms with E-state index < -0.39 is 5.82 Å². The molecule has 0 aliphatic rings. The van der Waals surface area contributed by atoms with Crippen molar-refractivity contribution in [1.29, 1.82) is 0 Å². The molecule has 0 unspecified atom stereocenters. The summed E-state index contributed by atoms with van der Waals surface area (Å²) in [6.45, 7) is 3.58. The Morgan fingerprint density at radius 2 is 2.10 bits per heavy atom. The van der Waals surface area contributed by atoms with Crippen LogP contribution >= 0.6 is 11.6 Å². The minimum Gasteiger partial charge on any atom is -0.289 e. The van der Waals surface area contributed by atoms with Crippen LogP contribution in [0.2, 0.25) is 5.02 Å². The van der Waals surface area contributed by atoms with Gasteiger partial charge in [0.25, 0.3) is 0 Å². The molecule has 1 aromatic heterocycles. The fourth-order valence-corrected chi connectivity index (χ4v) is 2.27. The highest BCUT2D eigenvalue weighted by molar-refractivity contribution is 6.32. The molecule has 0 radical (unpaired) electrons. The van der Waals surface area contributed by atoms with Crippen molar-refractivity contribution in [2.45, 2.75) is 13.8 Å². The molecule has 0 atom stereocenters. The number of benzene rings is 1. The average Bonchev–Trinajstić information content (AvgIpc) is 2.62. The lowest BCUT2D eigenvalue weighted by atomic mass is 10.1. The molecule has 0 saturated carbocycles. The molecule has 2 aromatic rings. The van der Waals surface area contributed by atoms with Gasteiger partial charge >= 0.3 is 0 Å². The standard InChI is InChI=1S/C15H14ClFN2O/c1-9-15(10(2)19(3)18-9)14(20)8-7-11-12(16)5-4-6-13(11)17/h4-8H,1-3H3/b8-7+. The number of carbonyl (C=O) groups excluding carboxylic acids is 1. The first-order valence-electron chi connectivity index (χ1n) is 6.08. The number of rotatable bonds is 3. The van der Waals surface area contributed by atoms with E-state index in [1.807, 2.05) is 6.92 Å². The van der Waals surface area contributed by atoms with Crippen LogP contribution in [0.5, 0.6) is 0 Å². The fourth-order valence-electron chi connectivity index (χ4n) is 2.04. The first kappa shape index (κ1) is 14.5. The van der Waals surface area contributed by atoms with E-state index in [4.69, 9.17) is 11.6 Å². The van der Waals surface area contributed by atoms with Crippen LogP contribution in [0.4, 0.5) is 4.39 Å². The largest absolute Gasteiger partial charge is 0.289 e. The molecule has 5 heteroatoms. The zero-order valence-electron chi connectivity index (χ0n) is 11.4. The molecule has 1 aromatic carbocycles. The monoisotopic (exact) mass is 292 g/mol. The van der Waals surface area contributed by atoms with E-state index in [9.17, 15) is 9.18 Å². The van der Waals surface area contributed by atoms with Crippen LogP contribution < -0.4 is 0 Å². The Kier molecular flexibility index (Phi) is 4.04. The summed E-state index contributed by atoms with van der Waals surface area (Å²) in [5.41, 5.74) is 2.17. The molecule has 2 rings (SSSR count). The lowest BCUT2D eigenvalue weighted by Crippen LogP contribution is -1.99. The maximum atomic E-state index is 13.6. The molecule has 3 nitrogen and oxygen atoms in total. The molecule has 104 valence electrons. The summed E-state index contributed by atoms with van der Waals surface area (Å²) >= 11 is 5.91. The number of ketones is 1. The predicted octanol–water partition coefficient (Wildman–Crippen LogP) is 3.73. The molecule has 0 amide bonds. The summed E-state index contributed by atoms with van der Waals surface area (Å²) in [6.07, 6.45) is 2.72. The number of allylic oxidation sites excluding steroid dienone is 1. The molecule has 20 heavy (non-hydrogen) atoms. The first-order chi connectivity index (χ1) is 9.41. The van der Waals surface area contributed by atoms with Crippen molar-refractivity contribution in [3.8, 4) is 0 Å². The van der Waals surface area contributed by atoms with E-state index in [1.54, 1.807) is 24.7 Å². The highest BCUT2D eigenvalue weighted by atomic mass is 35.5. The second-order valence-electron chi connectivity index (χ2n) is 4.50. The predicted molar refractivity (Wildman–Crippen MR) is 77.5 cm³/mol. The van der Waals surface area contributed by atoms with Gasteiger partial charge in [0, 0.05) is 18.3 Å². The number of nitrogens with zero attached hydrogens (tertiary/aromatic N) is 2. The van der Waals surface area contributed by atoms with E-state index in [-0.39, 0.29) is 16.4 Å². The molecule has 0 fully saturated rings. The molecule has 0 spiro atoms. The van der Waals surface area contributed by atoms with E-state index >= 15 is 0 Å². The number of carbonyl (C=O) groups is 1. The SMILES string of the molecule is Cc1nn(C)c(C)c1C(=O)/C=C/c1c(F)cccc1Cl. The Bertz CT molecular complexity index is 684. The summed E-state index contributed by atoms with van der Waals surface area (Å²) < 4.78 is 15.2. The van der Waals surface area contributed by atoms with E-state index in [1.165, 1.54) is 24.3 Å². The molecule has 0 saturated heterocycles. The van der Waals surface area contributed by atoms with Gasteiger partial charge in [-0.05, 0) is 38.1 Å². The van der Waals surface area contributed by atoms with Gasteiger partial charge in [0.05, 0.1) is 16.3 Å². The molecular weight excluding hydrogens is 279 g/mol. The van der Waals surface area contributed by atoms with Crippen molar-refractivity contribution >= 4 is 23.5 Å². The van der Waals surface area contributed by atoms with Gasteiger partial charge in [-0.15, -0.1) is 0 Å². The average molecular weight is 293 g/mol. The number of aromatic nitrogens is 2. The summed E-state index contributed by atoms with van der Waals surface area (Å²) in [4.78, 5) is 12.2. The zero-order valence-corrected chi connectivity index (χ0v) is 12.2. The highest BCUT2D eigenvalue weighted by Crippen LogP contribution is 2.21. The van der Waals surface area contributed by atoms with Gasteiger partial charge < -0.3 is 0 Å². The minimum atomic E-state index is -0.457. The number of hydrogen-bond acceptors (Lipinski definition) is 2. The van der Waals surface area contributed by atoms with Gasteiger partial charge in [0.1, 0.15) is 5.82 Å². The van der Waals surface area contributed by atoms with Crippen molar-refractivity contribution in [3.63, 3.8) is 0 Å². The van der Waals surface area contributed by atoms with Crippen molar-refractivity contribution < 1.29 is 9.18 Å². The summed E-state index contributed by atoms with van der Waals surface area (Å²) in [5, 5.41) is 4.46. The summed E-state index contributed by atoms with van der Waals surface area (Å²) in [6, 6.07) is 4.40. The van der Waals surface area contributed by atoms with Crippen LogP contribution in [-0.4, -0.2) is 15.6 Å². The number of aryl methyl sites for hydroxylation is 2. The van der Waals surface area contributed by atoms with E-state index in [0.717, 1.165) is 5.69 Å². The second-order valence-corrected chi connectivity index (χ2v) is 4.91. The number of halogens is 2. The normalized spacial score (nSPS) is 11.2. The molecular formula is C15H14ClFN2O.